The highest BCUT2D eigenvalue weighted by Crippen LogP contribution is 2.39. The van der Waals surface area contributed by atoms with E-state index in [0.29, 0.717) is 5.75 Å². The minimum absolute atomic E-state index is 0.175. The molecule has 0 bridgehead atoms. The minimum atomic E-state index is -0.782. The van der Waals surface area contributed by atoms with Crippen molar-refractivity contribution in [3.05, 3.63) is 24.3 Å². The third kappa shape index (κ3) is 3.60. The number of rotatable bonds is 5. The highest BCUT2D eigenvalue weighted by molar-refractivity contribution is 8.00. The van der Waals surface area contributed by atoms with E-state index in [1.807, 2.05) is 23.9 Å². The molecule has 0 unspecified atom stereocenters. The van der Waals surface area contributed by atoms with Crippen LogP contribution in [0.2, 0.25) is 0 Å². The summed E-state index contributed by atoms with van der Waals surface area (Å²) in [6, 6.07) is 7.29. The minimum Gasteiger partial charge on any atom is -0.421 e. The van der Waals surface area contributed by atoms with Gasteiger partial charge in [-0.25, -0.2) is 4.79 Å². The van der Waals surface area contributed by atoms with Gasteiger partial charge in [-0.2, -0.15) is 0 Å². The summed E-state index contributed by atoms with van der Waals surface area (Å²) >= 11 is 1.84. The number of carbonyl (C=O) groups excluding carboxylic acids is 2. The first-order valence-electron chi connectivity index (χ1n) is 5.70. The molecule has 0 atom stereocenters. The summed E-state index contributed by atoms with van der Waals surface area (Å²) in [5.41, 5.74) is 0. The zero-order chi connectivity index (χ0) is 12.3. The van der Waals surface area contributed by atoms with Crippen molar-refractivity contribution in [2.75, 3.05) is 0 Å². The topological polar surface area (TPSA) is 43.4 Å². The van der Waals surface area contributed by atoms with Crippen molar-refractivity contribution in [3.8, 4) is 5.75 Å². The molecular weight excluding hydrogens is 236 g/mol. The van der Waals surface area contributed by atoms with Crippen LogP contribution in [0.15, 0.2) is 29.2 Å². The molecular formula is C13H14O3S. The Morgan fingerprint density at radius 1 is 1.29 bits per heavy atom. The number of thioether (sulfide) groups is 1. The average molecular weight is 250 g/mol. The lowest BCUT2D eigenvalue weighted by Crippen LogP contribution is -2.19. The van der Waals surface area contributed by atoms with E-state index in [2.05, 4.69) is 0 Å². The molecule has 1 fully saturated rings. The molecule has 1 aromatic rings. The van der Waals surface area contributed by atoms with Gasteiger partial charge in [-0.1, -0.05) is 6.92 Å². The first kappa shape index (κ1) is 12.2. The Morgan fingerprint density at radius 2 is 1.94 bits per heavy atom. The zero-order valence-corrected chi connectivity index (χ0v) is 10.5. The van der Waals surface area contributed by atoms with Crippen LogP contribution >= 0.6 is 11.8 Å². The Bertz CT molecular complexity index is 421. The van der Waals surface area contributed by atoms with E-state index in [4.69, 9.17) is 4.74 Å². The summed E-state index contributed by atoms with van der Waals surface area (Å²) in [6.45, 7) is 1.64. The standard InChI is InChI=1S/C13H14O3S/c1-2-12(14)13(15)16-9-3-5-10(6-4-9)17-11-7-8-11/h3-6,11H,2,7-8H2,1H3. The van der Waals surface area contributed by atoms with Crippen LogP contribution in [0.5, 0.6) is 5.75 Å². The molecule has 3 nitrogen and oxygen atoms in total. The number of benzene rings is 1. The zero-order valence-electron chi connectivity index (χ0n) is 9.64. The highest BCUT2D eigenvalue weighted by atomic mass is 32.2. The Hall–Kier alpha value is -1.29. The van der Waals surface area contributed by atoms with Gasteiger partial charge in [0, 0.05) is 16.6 Å². The van der Waals surface area contributed by atoms with Crippen LogP contribution in [0, 0.1) is 0 Å². The predicted octanol–water partition coefficient (Wildman–Crippen LogP) is 2.83. The summed E-state index contributed by atoms with van der Waals surface area (Å²) in [5, 5.41) is 0.755. The van der Waals surface area contributed by atoms with Crippen LogP contribution in [0.3, 0.4) is 0 Å². The third-order valence-electron chi connectivity index (χ3n) is 2.41. The second kappa shape index (κ2) is 5.36. The number of hydrogen-bond donors (Lipinski definition) is 0. The number of ketones is 1. The number of Topliss-reactive ketones (excluding diaryl/α,β-unsaturated/α-hetero) is 1. The molecule has 0 spiro atoms. The van der Waals surface area contributed by atoms with Gasteiger partial charge < -0.3 is 4.74 Å². The molecule has 2 rings (SSSR count). The maximum absolute atomic E-state index is 11.2. The second-order valence-electron chi connectivity index (χ2n) is 3.95. The summed E-state index contributed by atoms with van der Waals surface area (Å²) in [5.74, 6) is -0.853. The van der Waals surface area contributed by atoms with Crippen LogP contribution in [0.4, 0.5) is 0 Å². The Labute approximate surface area is 105 Å². The summed E-state index contributed by atoms with van der Waals surface area (Å²) in [7, 11) is 0. The largest absolute Gasteiger partial charge is 0.421 e. The van der Waals surface area contributed by atoms with Gasteiger partial charge in [0.1, 0.15) is 5.75 Å². The Kier molecular flexibility index (Phi) is 3.84. The molecule has 0 radical (unpaired) electrons. The van der Waals surface area contributed by atoms with Crippen molar-refractivity contribution < 1.29 is 14.3 Å². The van der Waals surface area contributed by atoms with Gasteiger partial charge in [0.2, 0.25) is 5.78 Å². The van der Waals surface area contributed by atoms with Crippen LogP contribution < -0.4 is 4.74 Å². The van der Waals surface area contributed by atoms with E-state index < -0.39 is 11.8 Å². The smallest absolute Gasteiger partial charge is 0.379 e. The molecule has 0 heterocycles. The SMILES string of the molecule is CCC(=O)C(=O)Oc1ccc(SC2CC2)cc1. The molecule has 0 amide bonds. The van der Waals surface area contributed by atoms with E-state index >= 15 is 0 Å². The fourth-order valence-corrected chi connectivity index (χ4v) is 2.32. The predicted molar refractivity (Wildman–Crippen MR) is 66.3 cm³/mol. The lowest BCUT2D eigenvalue weighted by atomic mass is 10.3. The Morgan fingerprint density at radius 3 is 2.47 bits per heavy atom. The molecule has 1 aliphatic rings. The number of ether oxygens (including phenoxy) is 1. The molecule has 0 aromatic heterocycles. The molecule has 1 saturated carbocycles. The molecule has 1 aliphatic carbocycles. The van der Waals surface area contributed by atoms with Crippen molar-refractivity contribution in [3.63, 3.8) is 0 Å². The van der Waals surface area contributed by atoms with Crippen molar-refractivity contribution in [1.82, 2.24) is 0 Å². The van der Waals surface area contributed by atoms with E-state index in [9.17, 15) is 9.59 Å². The molecule has 4 heteroatoms. The maximum atomic E-state index is 11.2. The van der Waals surface area contributed by atoms with Gasteiger partial charge in [0.05, 0.1) is 0 Å². The summed E-state index contributed by atoms with van der Waals surface area (Å²) in [4.78, 5) is 23.5. The fourth-order valence-electron chi connectivity index (χ4n) is 1.27. The van der Waals surface area contributed by atoms with Crippen LogP contribution in [0.25, 0.3) is 0 Å². The molecule has 1 aromatic carbocycles. The average Bonchev–Trinajstić information content (AvgIpc) is 3.14. The molecule has 0 aliphatic heterocycles. The summed E-state index contributed by atoms with van der Waals surface area (Å²) < 4.78 is 4.94. The van der Waals surface area contributed by atoms with E-state index in [0.717, 1.165) is 5.25 Å². The second-order valence-corrected chi connectivity index (χ2v) is 5.33. The first-order chi connectivity index (χ1) is 8.19. The van der Waals surface area contributed by atoms with Crippen molar-refractivity contribution in [1.29, 1.82) is 0 Å². The molecule has 17 heavy (non-hydrogen) atoms. The van der Waals surface area contributed by atoms with E-state index in [1.165, 1.54) is 17.7 Å². The number of esters is 1. The van der Waals surface area contributed by atoms with E-state index in [1.54, 1.807) is 19.1 Å². The molecule has 90 valence electrons. The van der Waals surface area contributed by atoms with Gasteiger partial charge in [0.25, 0.3) is 0 Å². The molecule has 0 saturated heterocycles. The third-order valence-corrected chi connectivity index (χ3v) is 3.76. The lowest BCUT2D eigenvalue weighted by Gasteiger charge is -2.04. The van der Waals surface area contributed by atoms with E-state index in [-0.39, 0.29) is 6.42 Å². The fraction of sp³-hybridized carbons (Fsp3) is 0.385. The van der Waals surface area contributed by atoms with Gasteiger partial charge >= 0.3 is 5.97 Å². The number of hydrogen-bond acceptors (Lipinski definition) is 4. The van der Waals surface area contributed by atoms with Gasteiger partial charge in [-0.3, -0.25) is 4.79 Å². The monoisotopic (exact) mass is 250 g/mol. The quantitative estimate of drug-likeness (QED) is 0.458. The van der Waals surface area contributed by atoms with Crippen molar-refractivity contribution >= 4 is 23.5 Å². The summed E-state index contributed by atoms with van der Waals surface area (Å²) in [6.07, 6.45) is 2.74. The van der Waals surface area contributed by atoms with Gasteiger partial charge in [-0.15, -0.1) is 11.8 Å². The van der Waals surface area contributed by atoms with Crippen molar-refractivity contribution in [2.45, 2.75) is 36.3 Å². The van der Waals surface area contributed by atoms with Crippen LogP contribution in [-0.2, 0) is 9.59 Å². The maximum Gasteiger partial charge on any atom is 0.379 e. The number of carbonyl (C=O) groups is 2. The van der Waals surface area contributed by atoms with Crippen LogP contribution in [0.1, 0.15) is 26.2 Å². The van der Waals surface area contributed by atoms with Gasteiger partial charge in [-0.05, 0) is 37.1 Å². The van der Waals surface area contributed by atoms with Crippen LogP contribution in [-0.4, -0.2) is 17.0 Å². The lowest BCUT2D eigenvalue weighted by molar-refractivity contribution is -0.146. The highest BCUT2D eigenvalue weighted by Gasteiger charge is 2.22. The molecule has 0 N–H and O–H groups in total. The van der Waals surface area contributed by atoms with Gasteiger partial charge in [0.15, 0.2) is 0 Å². The van der Waals surface area contributed by atoms with Crippen molar-refractivity contribution in [2.24, 2.45) is 0 Å². The first-order valence-corrected chi connectivity index (χ1v) is 6.58. The normalized spacial score (nSPS) is 14.4. The Balaban J connectivity index is 1.92.